The number of hydrogen-bond donors (Lipinski definition) is 3. The van der Waals surface area contributed by atoms with Crippen molar-refractivity contribution in [3.8, 4) is 5.75 Å². The number of nitrogens with two attached hydrogens (primary N) is 1. The molecule has 0 radical (unpaired) electrons. The van der Waals surface area contributed by atoms with Crippen molar-refractivity contribution in [2.24, 2.45) is 15.8 Å². The number of anilines is 2. The van der Waals surface area contributed by atoms with E-state index in [4.69, 9.17) is 22.1 Å². The molecule has 1 unspecified atom stereocenters. The molecule has 2 aromatic rings. The van der Waals surface area contributed by atoms with Crippen molar-refractivity contribution < 1.29 is 17.7 Å². The number of hydrazone groups is 1. The molecule has 13 heteroatoms. The quantitative estimate of drug-likeness (QED) is 0.452. The van der Waals surface area contributed by atoms with E-state index in [1.165, 1.54) is 13.2 Å². The number of benzene rings is 2. The molecule has 10 nitrogen and oxygen atoms in total. The highest BCUT2D eigenvalue weighted by Crippen LogP contribution is 2.44. The third kappa shape index (κ3) is 5.65. The van der Waals surface area contributed by atoms with E-state index in [1.807, 2.05) is 18.8 Å². The van der Waals surface area contributed by atoms with Gasteiger partial charge in [-0.1, -0.05) is 23.7 Å². The predicted molar refractivity (Wildman–Crippen MR) is 151 cm³/mol. The van der Waals surface area contributed by atoms with Crippen molar-refractivity contribution in [3.05, 3.63) is 48.0 Å². The molecule has 0 amide bonds. The summed E-state index contributed by atoms with van der Waals surface area (Å²) in [5, 5.41) is 6.52. The van der Waals surface area contributed by atoms with Gasteiger partial charge in [-0.2, -0.15) is 5.10 Å². The summed E-state index contributed by atoms with van der Waals surface area (Å²) in [5.74, 6) is -0.954. The molecule has 2 aliphatic heterocycles. The number of rotatable bonds is 6. The van der Waals surface area contributed by atoms with Gasteiger partial charge in [0.1, 0.15) is 5.75 Å². The van der Waals surface area contributed by atoms with Crippen LogP contribution in [-0.4, -0.2) is 63.9 Å². The van der Waals surface area contributed by atoms with Gasteiger partial charge in [-0.25, -0.2) is 13.4 Å². The summed E-state index contributed by atoms with van der Waals surface area (Å²) < 4.78 is 43.8. The van der Waals surface area contributed by atoms with Gasteiger partial charge in [0.2, 0.25) is 5.79 Å². The van der Waals surface area contributed by atoms with Crippen molar-refractivity contribution in [3.63, 3.8) is 0 Å². The third-order valence-electron chi connectivity index (χ3n) is 6.52. The van der Waals surface area contributed by atoms with Crippen LogP contribution in [0.1, 0.15) is 19.4 Å². The first kappa shape index (κ1) is 27.4. The highest BCUT2D eigenvalue weighted by molar-refractivity contribution is 7.92. The molecule has 0 bridgehead atoms. The average Bonchev–Trinajstić information content (AvgIpc) is 2.86. The Balaban J connectivity index is 1.67. The lowest BCUT2D eigenvalue weighted by Crippen LogP contribution is -2.51. The van der Waals surface area contributed by atoms with Gasteiger partial charge in [0, 0.05) is 37.2 Å². The Kier molecular flexibility index (Phi) is 7.63. The summed E-state index contributed by atoms with van der Waals surface area (Å²) in [4.78, 5) is 6.87. The van der Waals surface area contributed by atoms with Gasteiger partial charge in [-0.05, 0) is 44.8 Å². The number of hydrogen-bond acceptors (Lipinski definition) is 10. The number of aliphatic imine (C=N–C) groups is 1. The maximum absolute atomic E-state index is 12.9. The molecule has 0 saturated carbocycles. The second-order valence-electron chi connectivity index (χ2n) is 9.57. The SMILES string of the molecule is COc1cc(N2CCP(C)(=O)CC2)ccc1C1(N)N=C(Nc2ccccc2S(=O)(=O)C(C)C)C(Cl)=NN1. The van der Waals surface area contributed by atoms with Crippen LogP contribution in [0.2, 0.25) is 0 Å². The van der Waals surface area contributed by atoms with Gasteiger partial charge in [0.05, 0.1) is 35.6 Å². The number of methoxy groups -OCH3 is 1. The van der Waals surface area contributed by atoms with Crippen LogP contribution in [0.25, 0.3) is 0 Å². The zero-order chi connectivity index (χ0) is 27.0. The molecule has 0 aliphatic carbocycles. The van der Waals surface area contributed by atoms with Crippen molar-refractivity contribution in [2.75, 3.05) is 49.4 Å². The van der Waals surface area contributed by atoms with Crippen molar-refractivity contribution >= 4 is 51.0 Å². The smallest absolute Gasteiger partial charge is 0.229 e. The number of halogens is 1. The minimum Gasteiger partial charge on any atom is -0.496 e. The van der Waals surface area contributed by atoms with Gasteiger partial charge < -0.3 is 19.5 Å². The maximum atomic E-state index is 12.9. The summed E-state index contributed by atoms with van der Waals surface area (Å²) in [6.45, 7) is 6.50. The van der Waals surface area contributed by atoms with Crippen molar-refractivity contribution in [1.29, 1.82) is 0 Å². The molecule has 0 aromatic heterocycles. The monoisotopic (exact) mass is 566 g/mol. The highest BCUT2D eigenvalue weighted by Gasteiger charge is 2.35. The summed E-state index contributed by atoms with van der Waals surface area (Å²) >= 11 is 6.33. The first-order valence-electron chi connectivity index (χ1n) is 11.8. The molecule has 37 heavy (non-hydrogen) atoms. The van der Waals surface area contributed by atoms with E-state index in [2.05, 4.69) is 25.7 Å². The van der Waals surface area contributed by atoms with E-state index >= 15 is 0 Å². The lowest BCUT2D eigenvalue weighted by molar-refractivity contribution is 0.338. The van der Waals surface area contributed by atoms with E-state index in [0.29, 0.717) is 42.4 Å². The predicted octanol–water partition coefficient (Wildman–Crippen LogP) is 3.43. The fourth-order valence-electron chi connectivity index (χ4n) is 4.17. The molecule has 1 saturated heterocycles. The Morgan fingerprint density at radius 2 is 1.89 bits per heavy atom. The first-order chi connectivity index (χ1) is 17.4. The normalized spacial score (nSPS) is 21.6. The molecule has 2 heterocycles. The number of nitrogens with one attached hydrogen (secondary N) is 2. The molecular weight excluding hydrogens is 535 g/mol. The number of para-hydroxylation sites is 1. The van der Waals surface area contributed by atoms with Gasteiger partial charge in [-0.15, -0.1) is 0 Å². The molecule has 4 rings (SSSR count). The molecule has 1 atom stereocenters. The van der Waals surface area contributed by atoms with E-state index in [-0.39, 0.29) is 15.9 Å². The number of amidine groups is 1. The molecular formula is C24H32ClN6O4PS. The molecule has 2 aromatic carbocycles. The van der Waals surface area contributed by atoms with Crippen LogP contribution >= 0.6 is 18.7 Å². The van der Waals surface area contributed by atoms with Crippen LogP contribution in [0.3, 0.4) is 0 Å². The van der Waals surface area contributed by atoms with Crippen molar-refractivity contribution in [1.82, 2.24) is 5.43 Å². The second kappa shape index (κ2) is 10.3. The summed E-state index contributed by atoms with van der Waals surface area (Å²) in [6, 6.07) is 12.1. The van der Waals surface area contributed by atoms with E-state index < -0.39 is 28.0 Å². The van der Waals surface area contributed by atoms with E-state index in [0.717, 1.165) is 5.69 Å². The molecule has 4 N–H and O–H groups in total. The summed E-state index contributed by atoms with van der Waals surface area (Å²) in [7, 11) is -4.10. The van der Waals surface area contributed by atoms with Crippen molar-refractivity contribution in [2.45, 2.75) is 29.8 Å². The topological polar surface area (TPSA) is 138 Å². The van der Waals surface area contributed by atoms with Gasteiger partial charge >= 0.3 is 0 Å². The fourth-order valence-corrected chi connectivity index (χ4v) is 7.06. The molecule has 200 valence electrons. The van der Waals surface area contributed by atoms with E-state index in [9.17, 15) is 13.0 Å². The van der Waals surface area contributed by atoms with Crippen LogP contribution in [0.15, 0.2) is 57.5 Å². The number of ether oxygens (including phenoxy) is 1. The average molecular weight is 567 g/mol. The summed E-state index contributed by atoms with van der Waals surface area (Å²) in [6.07, 6.45) is 1.33. The lowest BCUT2D eigenvalue weighted by atomic mass is 10.1. The second-order valence-corrected chi connectivity index (χ2v) is 15.9. The third-order valence-corrected chi connectivity index (χ3v) is 11.3. The highest BCUT2D eigenvalue weighted by atomic mass is 35.5. The van der Waals surface area contributed by atoms with Gasteiger partial charge in [-0.3, -0.25) is 11.2 Å². The van der Waals surface area contributed by atoms with Crippen LogP contribution in [0.5, 0.6) is 5.75 Å². The van der Waals surface area contributed by atoms with E-state index in [1.54, 1.807) is 38.1 Å². The zero-order valence-electron chi connectivity index (χ0n) is 21.2. The van der Waals surface area contributed by atoms with Crippen LogP contribution in [0.4, 0.5) is 11.4 Å². The van der Waals surface area contributed by atoms with Crippen LogP contribution in [-0.2, 0) is 20.2 Å². The molecule has 0 spiro atoms. The Morgan fingerprint density at radius 1 is 1.22 bits per heavy atom. The van der Waals surface area contributed by atoms with Crippen LogP contribution in [0, 0.1) is 0 Å². The largest absolute Gasteiger partial charge is 0.496 e. The number of sulfone groups is 1. The van der Waals surface area contributed by atoms with Gasteiger partial charge in [0.15, 0.2) is 20.8 Å². The summed E-state index contributed by atoms with van der Waals surface area (Å²) in [5.41, 5.74) is 11.2. The Morgan fingerprint density at radius 3 is 2.54 bits per heavy atom. The molecule has 2 aliphatic rings. The standard InChI is InChI=1S/C24H32ClN6O4PS/c1-16(2)37(33,34)21-8-6-5-7-19(21)27-23-22(25)29-30-24(26,28-23)18-10-9-17(15-20(18)35-3)31-11-13-36(4,32)14-12-31/h5-10,15-16,30H,11-14,26H2,1-4H3,(H,27,28). The fraction of sp³-hybridized carbons (Fsp3) is 0.417. The van der Waals surface area contributed by atoms with Gasteiger partial charge in [0.25, 0.3) is 0 Å². The Labute approximate surface area is 222 Å². The Bertz CT molecular complexity index is 1400. The maximum Gasteiger partial charge on any atom is 0.229 e. The minimum absolute atomic E-state index is 0.00859. The first-order valence-corrected chi connectivity index (χ1v) is 16.3. The molecule has 1 fully saturated rings. The zero-order valence-corrected chi connectivity index (χ0v) is 23.7. The van der Waals surface area contributed by atoms with Crippen LogP contribution < -0.4 is 26.1 Å². The number of nitrogens with zero attached hydrogens (tertiary/aromatic N) is 3. The lowest BCUT2D eigenvalue weighted by Gasteiger charge is -2.34. The Hall–Kier alpha value is -2.59. The minimum atomic E-state index is -3.58.